The zero-order chi connectivity index (χ0) is 15.4. The lowest BCUT2D eigenvalue weighted by Crippen LogP contribution is -2.16. The van der Waals surface area contributed by atoms with Gasteiger partial charge in [-0.1, -0.05) is 11.6 Å². The molecule has 0 saturated carbocycles. The lowest BCUT2D eigenvalue weighted by molar-refractivity contribution is 0.102. The first-order valence-electron chi connectivity index (χ1n) is 6.40. The van der Waals surface area contributed by atoms with E-state index in [4.69, 9.17) is 11.6 Å². The Balaban J connectivity index is 2.21. The van der Waals surface area contributed by atoms with Crippen LogP contribution in [0, 0.1) is 13.8 Å². The third-order valence-corrected chi connectivity index (χ3v) is 2.93. The standard InChI is InChI=1S/C13H15ClN6O/c1-4-15-11-6-9(5-10(14)17-11)12(21)18-13-16-7(2)8(3)19-20-13/h5-6H,4H2,1-3H3,(H,15,17)(H,16,18,20,21). The van der Waals surface area contributed by atoms with E-state index in [-0.39, 0.29) is 17.0 Å². The number of rotatable bonds is 4. The number of halogens is 1. The predicted octanol–water partition coefficient (Wildman–Crippen LogP) is 2.22. The number of anilines is 2. The van der Waals surface area contributed by atoms with Crippen molar-refractivity contribution in [2.24, 2.45) is 0 Å². The molecule has 2 N–H and O–H groups in total. The molecule has 110 valence electrons. The second-order valence-electron chi connectivity index (χ2n) is 4.35. The van der Waals surface area contributed by atoms with Crippen LogP contribution in [0.3, 0.4) is 0 Å². The number of aryl methyl sites for hydroxylation is 2. The van der Waals surface area contributed by atoms with Crippen molar-refractivity contribution in [1.82, 2.24) is 20.2 Å². The Hall–Kier alpha value is -2.28. The summed E-state index contributed by atoms with van der Waals surface area (Å²) in [4.78, 5) is 20.4. The fraction of sp³-hybridized carbons (Fsp3) is 0.308. The van der Waals surface area contributed by atoms with Crippen LogP contribution in [0.4, 0.5) is 11.8 Å². The highest BCUT2D eigenvalue weighted by molar-refractivity contribution is 6.30. The van der Waals surface area contributed by atoms with Crippen LogP contribution in [0.1, 0.15) is 28.7 Å². The number of carbonyl (C=O) groups is 1. The van der Waals surface area contributed by atoms with Crippen LogP contribution in [0.25, 0.3) is 0 Å². The Morgan fingerprint density at radius 1 is 1.19 bits per heavy atom. The van der Waals surface area contributed by atoms with Crippen molar-refractivity contribution >= 4 is 29.3 Å². The molecule has 1 amide bonds. The molecule has 0 aromatic carbocycles. The van der Waals surface area contributed by atoms with Gasteiger partial charge in [0.05, 0.1) is 11.4 Å². The van der Waals surface area contributed by atoms with E-state index in [2.05, 4.69) is 30.8 Å². The van der Waals surface area contributed by atoms with Gasteiger partial charge < -0.3 is 5.32 Å². The smallest absolute Gasteiger partial charge is 0.258 e. The number of nitrogens with zero attached hydrogens (tertiary/aromatic N) is 4. The van der Waals surface area contributed by atoms with Crippen molar-refractivity contribution in [3.63, 3.8) is 0 Å². The van der Waals surface area contributed by atoms with E-state index in [0.717, 1.165) is 5.69 Å². The fourth-order valence-corrected chi connectivity index (χ4v) is 1.79. The Morgan fingerprint density at radius 2 is 1.95 bits per heavy atom. The molecule has 0 aliphatic carbocycles. The second-order valence-corrected chi connectivity index (χ2v) is 4.74. The zero-order valence-electron chi connectivity index (χ0n) is 11.9. The van der Waals surface area contributed by atoms with E-state index in [1.807, 2.05) is 6.92 Å². The van der Waals surface area contributed by atoms with E-state index in [1.165, 1.54) is 6.07 Å². The Labute approximate surface area is 127 Å². The maximum Gasteiger partial charge on any atom is 0.258 e. The minimum atomic E-state index is -0.372. The molecule has 0 unspecified atom stereocenters. The predicted molar refractivity (Wildman–Crippen MR) is 80.7 cm³/mol. The van der Waals surface area contributed by atoms with E-state index < -0.39 is 0 Å². The Morgan fingerprint density at radius 3 is 2.62 bits per heavy atom. The van der Waals surface area contributed by atoms with Crippen LogP contribution in [-0.2, 0) is 0 Å². The number of carbonyl (C=O) groups excluding carboxylic acids is 1. The molecule has 7 nitrogen and oxygen atoms in total. The topological polar surface area (TPSA) is 92.7 Å². The molecule has 0 fully saturated rings. The van der Waals surface area contributed by atoms with Crippen molar-refractivity contribution in [2.75, 3.05) is 17.2 Å². The van der Waals surface area contributed by atoms with Gasteiger partial charge in [0, 0.05) is 12.1 Å². The van der Waals surface area contributed by atoms with Gasteiger partial charge in [0.25, 0.3) is 5.91 Å². The van der Waals surface area contributed by atoms with Crippen molar-refractivity contribution in [3.8, 4) is 0 Å². The summed E-state index contributed by atoms with van der Waals surface area (Å²) in [6.45, 7) is 6.20. The van der Waals surface area contributed by atoms with E-state index in [9.17, 15) is 4.79 Å². The van der Waals surface area contributed by atoms with E-state index in [0.29, 0.717) is 23.6 Å². The summed E-state index contributed by atoms with van der Waals surface area (Å²) >= 11 is 5.90. The van der Waals surface area contributed by atoms with Crippen molar-refractivity contribution in [3.05, 3.63) is 34.2 Å². The average molecular weight is 307 g/mol. The molecule has 2 aromatic rings. The lowest BCUT2D eigenvalue weighted by atomic mass is 10.2. The normalized spacial score (nSPS) is 10.3. The van der Waals surface area contributed by atoms with Crippen LogP contribution < -0.4 is 10.6 Å². The lowest BCUT2D eigenvalue weighted by Gasteiger charge is -2.07. The van der Waals surface area contributed by atoms with Gasteiger partial charge in [-0.05, 0) is 32.9 Å². The summed E-state index contributed by atoms with van der Waals surface area (Å²) in [6.07, 6.45) is 0. The molecule has 21 heavy (non-hydrogen) atoms. The summed E-state index contributed by atoms with van der Waals surface area (Å²) in [6, 6.07) is 3.09. The quantitative estimate of drug-likeness (QED) is 0.841. The summed E-state index contributed by atoms with van der Waals surface area (Å²) in [5.74, 6) is 0.318. The van der Waals surface area contributed by atoms with Gasteiger partial charge in [0.2, 0.25) is 5.95 Å². The van der Waals surface area contributed by atoms with Crippen LogP contribution >= 0.6 is 11.6 Å². The van der Waals surface area contributed by atoms with Crippen molar-refractivity contribution < 1.29 is 4.79 Å². The number of amides is 1. The van der Waals surface area contributed by atoms with Crippen LogP contribution in [-0.4, -0.2) is 32.6 Å². The monoisotopic (exact) mass is 306 g/mol. The zero-order valence-corrected chi connectivity index (χ0v) is 12.7. The highest BCUT2D eigenvalue weighted by Crippen LogP contribution is 2.15. The molecule has 0 radical (unpaired) electrons. The first-order valence-corrected chi connectivity index (χ1v) is 6.78. The van der Waals surface area contributed by atoms with Gasteiger partial charge in [-0.3, -0.25) is 10.1 Å². The first-order chi connectivity index (χ1) is 9.99. The SMILES string of the molecule is CCNc1cc(C(=O)Nc2nnc(C)c(C)n2)cc(Cl)n1. The third-order valence-electron chi connectivity index (χ3n) is 2.73. The number of nitrogens with one attached hydrogen (secondary N) is 2. The molecule has 2 rings (SSSR count). The molecular formula is C13H15ClN6O. The maximum absolute atomic E-state index is 12.2. The summed E-state index contributed by atoms with van der Waals surface area (Å²) < 4.78 is 0. The van der Waals surface area contributed by atoms with Gasteiger partial charge in [0.1, 0.15) is 11.0 Å². The van der Waals surface area contributed by atoms with Crippen molar-refractivity contribution in [2.45, 2.75) is 20.8 Å². The Kier molecular flexibility index (Phi) is 4.64. The largest absolute Gasteiger partial charge is 0.370 e. The molecule has 0 aliphatic rings. The van der Waals surface area contributed by atoms with Gasteiger partial charge in [-0.25, -0.2) is 9.97 Å². The molecule has 2 heterocycles. The van der Waals surface area contributed by atoms with Crippen LogP contribution in [0.2, 0.25) is 5.15 Å². The van der Waals surface area contributed by atoms with Crippen molar-refractivity contribution in [1.29, 1.82) is 0 Å². The van der Waals surface area contributed by atoms with Gasteiger partial charge in [0.15, 0.2) is 0 Å². The third kappa shape index (κ3) is 3.85. The highest BCUT2D eigenvalue weighted by Gasteiger charge is 2.12. The van der Waals surface area contributed by atoms with Gasteiger partial charge >= 0.3 is 0 Å². The van der Waals surface area contributed by atoms with Gasteiger partial charge in [-0.15, -0.1) is 5.10 Å². The van der Waals surface area contributed by atoms with Crippen LogP contribution in [0.5, 0.6) is 0 Å². The number of hydrogen-bond acceptors (Lipinski definition) is 6. The molecule has 0 saturated heterocycles. The van der Waals surface area contributed by atoms with Gasteiger partial charge in [-0.2, -0.15) is 5.10 Å². The minimum absolute atomic E-state index is 0.154. The van der Waals surface area contributed by atoms with E-state index in [1.54, 1.807) is 19.9 Å². The molecular weight excluding hydrogens is 292 g/mol. The Bertz CT molecular complexity index is 676. The summed E-state index contributed by atoms with van der Waals surface area (Å²) in [5, 5.41) is 13.6. The second kappa shape index (κ2) is 6.45. The average Bonchev–Trinajstić information content (AvgIpc) is 2.42. The summed E-state index contributed by atoms with van der Waals surface area (Å²) in [7, 11) is 0. The number of hydrogen-bond donors (Lipinski definition) is 2. The number of aromatic nitrogens is 4. The molecule has 8 heteroatoms. The summed E-state index contributed by atoms with van der Waals surface area (Å²) in [5.41, 5.74) is 1.79. The van der Waals surface area contributed by atoms with E-state index >= 15 is 0 Å². The highest BCUT2D eigenvalue weighted by atomic mass is 35.5. The molecule has 2 aromatic heterocycles. The minimum Gasteiger partial charge on any atom is -0.370 e. The molecule has 0 atom stereocenters. The molecule has 0 spiro atoms. The molecule has 0 aliphatic heterocycles. The first kappa shape index (κ1) is 15.1. The molecule has 0 bridgehead atoms. The van der Waals surface area contributed by atoms with Crippen LogP contribution in [0.15, 0.2) is 12.1 Å². The maximum atomic E-state index is 12.2. The fourth-order valence-electron chi connectivity index (χ4n) is 1.58. The number of pyridine rings is 1.